The number of carbonyl (C=O) groups excluding carboxylic acids is 1. The van der Waals surface area contributed by atoms with Gasteiger partial charge in [0, 0.05) is 12.6 Å². The minimum absolute atomic E-state index is 0.0757. The van der Waals surface area contributed by atoms with Crippen LogP contribution in [0.2, 0.25) is 5.02 Å². The number of benzene rings is 1. The van der Waals surface area contributed by atoms with Crippen LogP contribution < -0.4 is 0 Å². The molecule has 0 fully saturated rings. The highest BCUT2D eigenvalue weighted by molar-refractivity contribution is 6.33. The first-order valence-corrected chi connectivity index (χ1v) is 6.70. The highest BCUT2D eigenvalue weighted by Gasteiger charge is 2.16. The van der Waals surface area contributed by atoms with Crippen molar-refractivity contribution in [3.05, 3.63) is 38.9 Å². The lowest BCUT2D eigenvalue weighted by Crippen LogP contribution is -2.27. The molecular weight excluding hydrogens is 284 g/mol. The van der Waals surface area contributed by atoms with Gasteiger partial charge in [-0.25, -0.2) is 4.79 Å². The number of nitrogens with zero attached hydrogens (tertiary/aromatic N) is 2. The molecule has 0 aliphatic carbocycles. The normalized spacial score (nSPS) is 10.6. The van der Waals surface area contributed by atoms with E-state index in [1.54, 1.807) is 0 Å². The van der Waals surface area contributed by atoms with E-state index < -0.39 is 10.9 Å². The number of nitro benzene ring substituents is 1. The summed E-state index contributed by atoms with van der Waals surface area (Å²) in [6.07, 6.45) is 0. The van der Waals surface area contributed by atoms with Crippen LogP contribution in [0.3, 0.4) is 0 Å². The Morgan fingerprint density at radius 2 is 2.05 bits per heavy atom. The maximum absolute atomic E-state index is 11.8. The summed E-state index contributed by atoms with van der Waals surface area (Å²) < 4.78 is 5.11. The Kier molecular flexibility index (Phi) is 6.41. The molecule has 0 bridgehead atoms. The van der Waals surface area contributed by atoms with E-state index in [-0.39, 0.29) is 22.9 Å². The van der Waals surface area contributed by atoms with Gasteiger partial charge in [-0.05, 0) is 25.2 Å². The molecule has 0 amide bonds. The van der Waals surface area contributed by atoms with Crippen molar-refractivity contribution in [3.63, 3.8) is 0 Å². The van der Waals surface area contributed by atoms with Gasteiger partial charge in [-0.2, -0.15) is 0 Å². The van der Waals surface area contributed by atoms with E-state index >= 15 is 0 Å². The van der Waals surface area contributed by atoms with Crippen LogP contribution in [0.25, 0.3) is 0 Å². The molecule has 0 unspecified atom stereocenters. The minimum Gasteiger partial charge on any atom is -0.461 e. The summed E-state index contributed by atoms with van der Waals surface area (Å²) in [7, 11) is 0. The van der Waals surface area contributed by atoms with Gasteiger partial charge in [0.25, 0.3) is 5.69 Å². The second-order valence-corrected chi connectivity index (χ2v) is 4.49. The van der Waals surface area contributed by atoms with Crippen molar-refractivity contribution < 1.29 is 14.5 Å². The van der Waals surface area contributed by atoms with Gasteiger partial charge in [0.1, 0.15) is 11.6 Å². The van der Waals surface area contributed by atoms with Crippen LogP contribution in [-0.2, 0) is 4.74 Å². The molecule has 110 valence electrons. The number of halogens is 1. The van der Waals surface area contributed by atoms with Gasteiger partial charge in [0.05, 0.1) is 10.5 Å². The summed E-state index contributed by atoms with van der Waals surface area (Å²) in [6.45, 7) is 6.76. The van der Waals surface area contributed by atoms with Crippen molar-refractivity contribution in [1.29, 1.82) is 0 Å². The number of likely N-dealkylation sites (N-methyl/N-ethyl adjacent to an activating group) is 1. The molecule has 0 aromatic heterocycles. The lowest BCUT2D eigenvalue weighted by Gasteiger charge is -2.17. The number of esters is 1. The second kappa shape index (κ2) is 7.81. The lowest BCUT2D eigenvalue weighted by molar-refractivity contribution is -0.384. The van der Waals surface area contributed by atoms with Crippen molar-refractivity contribution in [1.82, 2.24) is 4.90 Å². The van der Waals surface area contributed by atoms with Crippen molar-refractivity contribution in [2.24, 2.45) is 0 Å². The Morgan fingerprint density at radius 3 is 2.55 bits per heavy atom. The first-order chi connectivity index (χ1) is 9.49. The third-order valence-electron chi connectivity index (χ3n) is 2.92. The molecule has 0 heterocycles. The van der Waals surface area contributed by atoms with Crippen molar-refractivity contribution in [3.8, 4) is 0 Å². The zero-order valence-electron chi connectivity index (χ0n) is 11.5. The smallest absolute Gasteiger partial charge is 0.338 e. The third-order valence-corrected chi connectivity index (χ3v) is 3.22. The van der Waals surface area contributed by atoms with Gasteiger partial charge in [0.15, 0.2) is 0 Å². The average Bonchev–Trinajstić information content (AvgIpc) is 2.42. The molecule has 1 aromatic carbocycles. The van der Waals surface area contributed by atoms with E-state index in [0.717, 1.165) is 13.1 Å². The number of hydrogen-bond acceptors (Lipinski definition) is 5. The summed E-state index contributed by atoms with van der Waals surface area (Å²) in [6, 6.07) is 3.78. The predicted octanol–water partition coefficient (Wildman–Crippen LogP) is 2.75. The minimum atomic E-state index is -0.599. The van der Waals surface area contributed by atoms with Crippen LogP contribution in [0, 0.1) is 10.1 Å². The predicted molar refractivity (Wildman–Crippen MR) is 76.2 cm³/mol. The molecule has 1 aromatic rings. The second-order valence-electron chi connectivity index (χ2n) is 4.09. The summed E-state index contributed by atoms with van der Waals surface area (Å²) in [4.78, 5) is 23.9. The Balaban J connectivity index is 2.60. The van der Waals surface area contributed by atoms with Gasteiger partial charge in [-0.3, -0.25) is 10.1 Å². The molecule has 0 saturated carbocycles. The maximum atomic E-state index is 11.8. The zero-order valence-corrected chi connectivity index (χ0v) is 12.2. The van der Waals surface area contributed by atoms with Crippen LogP contribution in [0.5, 0.6) is 0 Å². The summed E-state index contributed by atoms with van der Waals surface area (Å²) >= 11 is 5.74. The molecule has 7 heteroatoms. The fraction of sp³-hybridized carbons (Fsp3) is 0.462. The third kappa shape index (κ3) is 4.47. The quantitative estimate of drug-likeness (QED) is 0.440. The molecule has 0 aliphatic rings. The molecule has 0 atom stereocenters. The first-order valence-electron chi connectivity index (χ1n) is 6.33. The number of carbonyl (C=O) groups is 1. The fourth-order valence-corrected chi connectivity index (χ4v) is 1.92. The van der Waals surface area contributed by atoms with Crippen LogP contribution in [-0.4, -0.2) is 42.0 Å². The molecule has 0 spiro atoms. The van der Waals surface area contributed by atoms with Gasteiger partial charge in [0.2, 0.25) is 0 Å². The van der Waals surface area contributed by atoms with E-state index in [0.29, 0.717) is 6.54 Å². The molecule has 1 rings (SSSR count). The Bertz CT molecular complexity index is 489. The van der Waals surface area contributed by atoms with Crippen molar-refractivity contribution in [2.75, 3.05) is 26.2 Å². The standard InChI is InChI=1S/C13H17ClN2O4/c1-3-15(4-2)7-8-20-13(17)10-5-6-12(16(18)19)11(14)9-10/h5-6,9H,3-4,7-8H2,1-2H3. The van der Waals surface area contributed by atoms with Gasteiger partial charge in [-0.1, -0.05) is 25.4 Å². The molecule has 6 nitrogen and oxygen atoms in total. The van der Waals surface area contributed by atoms with Gasteiger partial charge >= 0.3 is 5.97 Å². The van der Waals surface area contributed by atoms with E-state index in [1.165, 1.54) is 18.2 Å². The van der Waals surface area contributed by atoms with E-state index in [4.69, 9.17) is 16.3 Å². The van der Waals surface area contributed by atoms with E-state index in [1.807, 2.05) is 13.8 Å². The van der Waals surface area contributed by atoms with Gasteiger partial charge < -0.3 is 9.64 Å². The average molecular weight is 301 g/mol. The number of rotatable bonds is 7. The van der Waals surface area contributed by atoms with Crippen molar-refractivity contribution in [2.45, 2.75) is 13.8 Å². The zero-order chi connectivity index (χ0) is 15.1. The highest BCUT2D eigenvalue weighted by Crippen LogP contribution is 2.25. The van der Waals surface area contributed by atoms with Crippen LogP contribution in [0.15, 0.2) is 18.2 Å². The van der Waals surface area contributed by atoms with Crippen LogP contribution in [0.4, 0.5) is 5.69 Å². The molecule has 0 radical (unpaired) electrons. The summed E-state index contributed by atoms with van der Waals surface area (Å²) in [5.74, 6) is -0.533. The highest BCUT2D eigenvalue weighted by atomic mass is 35.5. The summed E-state index contributed by atoms with van der Waals surface area (Å²) in [5.41, 5.74) is -0.0218. The number of ether oxygens (including phenoxy) is 1. The van der Waals surface area contributed by atoms with Crippen LogP contribution >= 0.6 is 11.6 Å². The maximum Gasteiger partial charge on any atom is 0.338 e. The summed E-state index contributed by atoms with van der Waals surface area (Å²) in [5, 5.41) is 10.5. The van der Waals surface area contributed by atoms with E-state index in [9.17, 15) is 14.9 Å². The first kappa shape index (κ1) is 16.4. The number of hydrogen-bond donors (Lipinski definition) is 0. The lowest BCUT2D eigenvalue weighted by atomic mass is 10.2. The van der Waals surface area contributed by atoms with Crippen LogP contribution in [0.1, 0.15) is 24.2 Å². The van der Waals surface area contributed by atoms with Gasteiger partial charge in [-0.15, -0.1) is 0 Å². The fourth-order valence-electron chi connectivity index (χ4n) is 1.67. The van der Waals surface area contributed by atoms with E-state index in [2.05, 4.69) is 4.90 Å². The topological polar surface area (TPSA) is 72.7 Å². The number of nitro groups is 1. The van der Waals surface area contributed by atoms with Crippen molar-refractivity contribution >= 4 is 23.3 Å². The molecule has 20 heavy (non-hydrogen) atoms. The molecule has 0 N–H and O–H groups in total. The Morgan fingerprint density at radius 1 is 1.40 bits per heavy atom. The molecule has 0 saturated heterocycles. The Labute approximate surface area is 122 Å². The molecule has 0 aliphatic heterocycles. The SMILES string of the molecule is CCN(CC)CCOC(=O)c1ccc([N+](=O)[O-])c(Cl)c1. The Hall–Kier alpha value is -1.66. The molecular formula is C13H17ClN2O4. The monoisotopic (exact) mass is 300 g/mol. The largest absolute Gasteiger partial charge is 0.461 e.